The lowest BCUT2D eigenvalue weighted by Crippen LogP contribution is -2.45. The molecule has 120 valence electrons. The molecule has 0 atom stereocenters. The molecular weight excluding hydrogens is 305 g/mol. The van der Waals surface area contributed by atoms with Gasteiger partial charge in [0.1, 0.15) is 5.70 Å². The maximum Gasteiger partial charge on any atom is 0.371 e. The second-order valence-electron chi connectivity index (χ2n) is 4.59. The molecule has 1 aliphatic heterocycles. The Kier molecular flexibility index (Phi) is 4.70. The molecule has 0 fully saturated rings. The lowest BCUT2D eigenvalue weighted by atomic mass is 9.52. The van der Waals surface area contributed by atoms with E-state index in [0.29, 0.717) is 5.46 Å². The summed E-state index contributed by atoms with van der Waals surface area (Å²) >= 11 is 0. The molecule has 8 nitrogen and oxygen atoms in total. The summed E-state index contributed by atoms with van der Waals surface area (Å²) in [7, 11) is 3.50. The molecule has 1 aromatic carbocycles. The number of fused-ring (bicyclic) bond motifs is 1. The van der Waals surface area contributed by atoms with Crippen molar-refractivity contribution in [1.29, 1.82) is 0 Å². The Morgan fingerprint density at radius 3 is 2.17 bits per heavy atom. The second-order valence-corrected chi connectivity index (χ2v) is 4.59. The molecule has 1 aromatic rings. The summed E-state index contributed by atoms with van der Waals surface area (Å²) in [4.78, 5) is 35.3. The van der Waals surface area contributed by atoms with E-state index < -0.39 is 24.8 Å². The molecule has 9 heteroatoms. The molecule has 2 rings (SSSR count). The Morgan fingerprint density at radius 2 is 1.61 bits per heavy atom. The van der Waals surface area contributed by atoms with Crippen LogP contribution >= 0.6 is 0 Å². The molecule has 0 saturated carbocycles. The summed E-state index contributed by atoms with van der Waals surface area (Å²) in [5.74, 6) is -2.29. The highest BCUT2D eigenvalue weighted by atomic mass is 16.5. The minimum Gasteiger partial charge on any atom is -0.466 e. The summed E-state index contributed by atoms with van der Waals surface area (Å²) in [6, 6.07) is 4.30. The summed E-state index contributed by atoms with van der Waals surface area (Å²) in [6.07, 6.45) is 0. The molecule has 2 N–H and O–H groups in total. The number of methoxy groups -OCH3 is 3. The zero-order valence-electron chi connectivity index (χ0n) is 12.7. The molecule has 0 spiro atoms. The van der Waals surface area contributed by atoms with Crippen molar-refractivity contribution in [3.05, 3.63) is 34.9 Å². The first-order valence-corrected chi connectivity index (χ1v) is 6.52. The van der Waals surface area contributed by atoms with E-state index in [9.17, 15) is 19.4 Å². The topological polar surface area (TPSA) is 111 Å². The van der Waals surface area contributed by atoms with Crippen molar-refractivity contribution in [2.45, 2.75) is 0 Å². The van der Waals surface area contributed by atoms with Crippen LogP contribution in [0, 0.1) is 0 Å². The number of esters is 3. The van der Waals surface area contributed by atoms with Crippen LogP contribution in [0.2, 0.25) is 0 Å². The van der Waals surface area contributed by atoms with E-state index >= 15 is 0 Å². The Morgan fingerprint density at radius 1 is 1.00 bits per heavy atom. The molecule has 0 aromatic heterocycles. The van der Waals surface area contributed by atoms with Crippen molar-refractivity contribution in [2.75, 3.05) is 26.6 Å². The van der Waals surface area contributed by atoms with Gasteiger partial charge in [0.2, 0.25) is 0 Å². The van der Waals surface area contributed by atoms with E-state index in [1.54, 1.807) is 0 Å². The molecule has 1 heterocycles. The average molecular weight is 319 g/mol. The molecule has 0 saturated heterocycles. The summed E-state index contributed by atoms with van der Waals surface area (Å²) < 4.78 is 13.8. The van der Waals surface area contributed by atoms with Gasteiger partial charge in [0.25, 0.3) is 0 Å². The Hall–Kier alpha value is -2.81. The normalized spacial score (nSPS) is 13.0. The van der Waals surface area contributed by atoms with E-state index in [1.165, 1.54) is 25.3 Å². The van der Waals surface area contributed by atoms with Gasteiger partial charge in [-0.2, -0.15) is 0 Å². The summed E-state index contributed by atoms with van der Waals surface area (Å²) in [5.41, 5.74) is 0.301. The monoisotopic (exact) mass is 319 g/mol. The molecule has 0 radical (unpaired) electrons. The SMILES string of the molecule is COC(=O)C1=C(C(=O)OC)B(O)c2ccc(C(=O)OC)cc2N1. The zero-order valence-corrected chi connectivity index (χ0v) is 12.7. The highest BCUT2D eigenvalue weighted by Gasteiger charge is 2.38. The van der Waals surface area contributed by atoms with E-state index in [2.05, 4.69) is 19.5 Å². The van der Waals surface area contributed by atoms with Gasteiger partial charge in [-0.15, -0.1) is 0 Å². The number of carbonyl (C=O) groups is 3. The lowest BCUT2D eigenvalue weighted by Gasteiger charge is -2.24. The van der Waals surface area contributed by atoms with Crippen LogP contribution in [0.25, 0.3) is 0 Å². The van der Waals surface area contributed by atoms with E-state index in [-0.39, 0.29) is 22.4 Å². The van der Waals surface area contributed by atoms with E-state index in [4.69, 9.17) is 0 Å². The third kappa shape index (κ3) is 2.91. The van der Waals surface area contributed by atoms with Crippen LogP contribution in [0.1, 0.15) is 10.4 Å². The molecule has 0 amide bonds. The third-order valence-electron chi connectivity index (χ3n) is 3.37. The van der Waals surface area contributed by atoms with Gasteiger partial charge in [-0.1, -0.05) is 6.07 Å². The largest absolute Gasteiger partial charge is 0.466 e. The fourth-order valence-corrected chi connectivity index (χ4v) is 2.23. The first kappa shape index (κ1) is 16.6. The molecule has 0 aliphatic carbocycles. The van der Waals surface area contributed by atoms with Gasteiger partial charge in [-0.25, -0.2) is 14.4 Å². The van der Waals surface area contributed by atoms with Crippen molar-refractivity contribution in [3.63, 3.8) is 0 Å². The highest BCUT2D eigenvalue weighted by molar-refractivity contribution is 6.80. The molecular formula is C14H14BNO7. The van der Waals surface area contributed by atoms with Crippen LogP contribution in [-0.4, -0.2) is 51.2 Å². The predicted molar refractivity (Wildman–Crippen MR) is 80.1 cm³/mol. The molecule has 1 aliphatic rings. The summed E-state index contributed by atoms with van der Waals surface area (Å²) in [5, 5.41) is 13.1. The maximum absolute atomic E-state index is 11.9. The molecule has 0 bridgehead atoms. The maximum atomic E-state index is 11.9. The number of ether oxygens (including phenoxy) is 3. The summed E-state index contributed by atoms with van der Waals surface area (Å²) in [6.45, 7) is -1.40. The molecule has 23 heavy (non-hydrogen) atoms. The minimum absolute atomic E-state index is 0.219. The van der Waals surface area contributed by atoms with Crippen molar-refractivity contribution < 1.29 is 33.6 Å². The van der Waals surface area contributed by atoms with Crippen molar-refractivity contribution in [2.24, 2.45) is 0 Å². The standard InChI is InChI=1S/C14H14BNO7/c1-21-12(17)7-4-5-8-9(6-7)16-11(14(19)23-3)10(15(8)20)13(18)22-2/h4-6,16,20H,1-3H3. The zero-order chi connectivity index (χ0) is 17.1. The van der Waals surface area contributed by atoms with Gasteiger partial charge in [0.05, 0.1) is 32.4 Å². The van der Waals surface area contributed by atoms with Gasteiger partial charge in [0, 0.05) is 5.69 Å². The van der Waals surface area contributed by atoms with Gasteiger partial charge < -0.3 is 24.6 Å². The minimum atomic E-state index is -1.40. The lowest BCUT2D eigenvalue weighted by molar-refractivity contribution is -0.138. The van der Waals surface area contributed by atoms with Crippen molar-refractivity contribution in [3.8, 4) is 0 Å². The van der Waals surface area contributed by atoms with Crippen molar-refractivity contribution >= 4 is 36.0 Å². The number of benzene rings is 1. The van der Waals surface area contributed by atoms with Gasteiger partial charge >= 0.3 is 24.8 Å². The number of anilines is 1. The fourth-order valence-electron chi connectivity index (χ4n) is 2.23. The first-order chi connectivity index (χ1) is 10.9. The average Bonchev–Trinajstić information content (AvgIpc) is 2.58. The van der Waals surface area contributed by atoms with Gasteiger partial charge in [-0.05, 0) is 17.6 Å². The Labute approximate surface area is 132 Å². The quantitative estimate of drug-likeness (QED) is 0.424. The number of carbonyl (C=O) groups excluding carboxylic acids is 3. The number of hydrogen-bond donors (Lipinski definition) is 2. The second kappa shape index (κ2) is 6.53. The van der Waals surface area contributed by atoms with Crippen LogP contribution in [0.3, 0.4) is 0 Å². The third-order valence-corrected chi connectivity index (χ3v) is 3.37. The van der Waals surface area contributed by atoms with Crippen LogP contribution in [-0.2, 0) is 23.8 Å². The van der Waals surface area contributed by atoms with E-state index in [0.717, 1.165) is 14.2 Å². The van der Waals surface area contributed by atoms with Crippen LogP contribution in [0.4, 0.5) is 5.69 Å². The van der Waals surface area contributed by atoms with Gasteiger partial charge in [0.15, 0.2) is 0 Å². The fraction of sp³-hybridized carbons (Fsp3) is 0.214. The Balaban J connectivity index is 2.56. The molecule has 0 unspecified atom stereocenters. The highest BCUT2D eigenvalue weighted by Crippen LogP contribution is 2.23. The van der Waals surface area contributed by atoms with Crippen LogP contribution in [0.5, 0.6) is 0 Å². The van der Waals surface area contributed by atoms with Gasteiger partial charge in [-0.3, -0.25) is 0 Å². The smallest absolute Gasteiger partial charge is 0.371 e. The number of rotatable bonds is 3. The number of nitrogens with one attached hydrogen (secondary N) is 1. The predicted octanol–water partition coefficient (Wildman–Crippen LogP) is -0.771. The number of hydrogen-bond acceptors (Lipinski definition) is 8. The van der Waals surface area contributed by atoms with Crippen LogP contribution < -0.4 is 10.8 Å². The van der Waals surface area contributed by atoms with E-state index in [1.807, 2.05) is 0 Å². The first-order valence-electron chi connectivity index (χ1n) is 6.52. The van der Waals surface area contributed by atoms with Crippen molar-refractivity contribution in [1.82, 2.24) is 0 Å². The Bertz CT molecular complexity index is 713. The van der Waals surface area contributed by atoms with Crippen LogP contribution in [0.15, 0.2) is 29.4 Å².